The summed E-state index contributed by atoms with van der Waals surface area (Å²) in [5, 5.41) is 3.36. The van der Waals surface area contributed by atoms with E-state index < -0.39 is 6.04 Å². The van der Waals surface area contributed by atoms with Gasteiger partial charge in [0.15, 0.2) is 5.43 Å². The topological polar surface area (TPSA) is 68.5 Å². The van der Waals surface area contributed by atoms with Crippen molar-refractivity contribution >= 4 is 16.9 Å². The summed E-state index contributed by atoms with van der Waals surface area (Å²) in [4.78, 5) is 25.6. The fraction of sp³-hybridized carbons (Fsp3) is 0.182. The van der Waals surface area contributed by atoms with Gasteiger partial charge in [-0.25, -0.2) is 0 Å². The lowest BCUT2D eigenvalue weighted by Crippen LogP contribution is -2.21. The zero-order chi connectivity index (χ0) is 19.1. The number of benzene rings is 2. The molecule has 136 valence electrons. The van der Waals surface area contributed by atoms with E-state index in [2.05, 4.69) is 11.9 Å². The van der Waals surface area contributed by atoms with E-state index in [1.165, 1.54) is 0 Å². The summed E-state index contributed by atoms with van der Waals surface area (Å²) >= 11 is 0. The van der Waals surface area contributed by atoms with Gasteiger partial charge in [0.05, 0.1) is 17.0 Å². The molecule has 0 bridgehead atoms. The van der Waals surface area contributed by atoms with E-state index in [0.29, 0.717) is 28.9 Å². The van der Waals surface area contributed by atoms with Crippen molar-refractivity contribution in [3.8, 4) is 5.75 Å². The number of carbonyl (C=O) groups excluding carboxylic acids is 1. The highest BCUT2D eigenvalue weighted by Crippen LogP contribution is 2.32. The fourth-order valence-electron chi connectivity index (χ4n) is 3.53. The first-order chi connectivity index (χ1) is 13.0. The van der Waals surface area contributed by atoms with Crippen LogP contribution in [0.3, 0.4) is 0 Å². The number of ether oxygens (including phenoxy) is 1. The van der Waals surface area contributed by atoms with Gasteiger partial charge in [-0.3, -0.25) is 9.59 Å². The van der Waals surface area contributed by atoms with Gasteiger partial charge < -0.3 is 14.5 Å². The Hall–Kier alpha value is -3.34. The van der Waals surface area contributed by atoms with Crippen LogP contribution in [-0.4, -0.2) is 12.5 Å². The van der Waals surface area contributed by atoms with Gasteiger partial charge in [-0.15, -0.1) is 0 Å². The summed E-state index contributed by atoms with van der Waals surface area (Å²) in [7, 11) is 0. The van der Waals surface area contributed by atoms with Crippen LogP contribution in [0, 0.1) is 13.8 Å². The number of nitrogens with one attached hydrogen (secondary N) is 1. The quantitative estimate of drug-likeness (QED) is 0.718. The molecule has 4 rings (SSSR count). The molecular weight excluding hydrogens is 342 g/mol. The largest absolute Gasteiger partial charge is 0.490 e. The van der Waals surface area contributed by atoms with Crippen LogP contribution in [0.5, 0.6) is 5.75 Å². The number of aryl methyl sites for hydroxylation is 2. The Morgan fingerprint density at radius 2 is 1.93 bits per heavy atom. The Morgan fingerprint density at radius 1 is 1.19 bits per heavy atom. The maximum atomic E-state index is 13.2. The predicted octanol–water partition coefficient (Wildman–Crippen LogP) is 3.81. The lowest BCUT2D eigenvalue weighted by molar-refractivity contribution is 0.0938. The van der Waals surface area contributed by atoms with Crippen LogP contribution in [-0.2, 0) is 0 Å². The molecule has 1 aromatic heterocycles. The van der Waals surface area contributed by atoms with E-state index in [4.69, 9.17) is 9.15 Å². The van der Waals surface area contributed by atoms with Gasteiger partial charge in [0.1, 0.15) is 17.9 Å². The van der Waals surface area contributed by atoms with Crippen LogP contribution in [0.25, 0.3) is 11.0 Å². The second-order valence-electron chi connectivity index (χ2n) is 6.71. The summed E-state index contributed by atoms with van der Waals surface area (Å²) in [6.07, 6.45) is 1.67. The van der Waals surface area contributed by atoms with Gasteiger partial charge in [-0.2, -0.15) is 0 Å². The molecule has 0 fully saturated rings. The Bertz CT molecular complexity index is 1130. The second-order valence-corrected chi connectivity index (χ2v) is 6.71. The van der Waals surface area contributed by atoms with Crippen LogP contribution < -0.4 is 15.5 Å². The summed E-state index contributed by atoms with van der Waals surface area (Å²) in [5.74, 6) is 0.414. The number of hydrogen-bond acceptors (Lipinski definition) is 4. The third-order valence-electron chi connectivity index (χ3n) is 4.71. The monoisotopic (exact) mass is 361 g/mol. The van der Waals surface area contributed by atoms with E-state index in [0.717, 1.165) is 16.7 Å². The van der Waals surface area contributed by atoms with Crippen molar-refractivity contribution in [3.63, 3.8) is 0 Å². The van der Waals surface area contributed by atoms with Gasteiger partial charge in [0.2, 0.25) is 5.76 Å². The van der Waals surface area contributed by atoms with Crippen LogP contribution in [0.15, 0.2) is 58.3 Å². The highest BCUT2D eigenvalue weighted by Gasteiger charge is 2.36. The minimum absolute atomic E-state index is 0.0939. The standard InChI is InChI=1S/C22H19NO4/c1-4-9-26-15-7-5-14(6-8-15)18-17-19(24)16-11-12(2)10-13(3)20(16)27-21(17)22(25)23-18/h4-8,10-11,18H,1,9H2,2-3H3,(H,23,25). The molecule has 0 spiro atoms. The Morgan fingerprint density at radius 3 is 2.63 bits per heavy atom. The van der Waals surface area contributed by atoms with Crippen molar-refractivity contribution in [3.05, 3.63) is 87.3 Å². The molecule has 0 saturated heterocycles. The molecule has 0 saturated carbocycles. The van der Waals surface area contributed by atoms with Crippen LogP contribution in [0.4, 0.5) is 0 Å². The predicted molar refractivity (Wildman–Crippen MR) is 103 cm³/mol. The van der Waals surface area contributed by atoms with Crippen LogP contribution in [0.1, 0.15) is 38.9 Å². The fourth-order valence-corrected chi connectivity index (χ4v) is 3.53. The summed E-state index contributed by atoms with van der Waals surface area (Å²) in [5.41, 5.74) is 3.26. The summed E-state index contributed by atoms with van der Waals surface area (Å²) in [6, 6.07) is 10.5. The van der Waals surface area contributed by atoms with Gasteiger partial charge in [0, 0.05) is 0 Å². The molecule has 0 aliphatic carbocycles. The molecular formula is C22H19NO4. The molecule has 1 N–H and O–H groups in total. The number of carbonyl (C=O) groups is 1. The van der Waals surface area contributed by atoms with E-state index in [-0.39, 0.29) is 17.1 Å². The molecule has 1 atom stereocenters. The van der Waals surface area contributed by atoms with Gasteiger partial charge in [-0.05, 0) is 48.7 Å². The molecule has 5 heteroatoms. The third-order valence-corrected chi connectivity index (χ3v) is 4.71. The Labute approximate surface area is 156 Å². The molecule has 1 aliphatic rings. The van der Waals surface area contributed by atoms with E-state index in [1.807, 2.05) is 32.0 Å². The minimum Gasteiger partial charge on any atom is -0.490 e. The molecule has 3 aromatic rings. The normalized spacial score (nSPS) is 15.5. The molecule has 1 aliphatic heterocycles. The SMILES string of the molecule is C=CCOc1ccc(C2NC(=O)c3oc4c(C)cc(C)cc4c(=O)c32)cc1. The first-order valence-electron chi connectivity index (χ1n) is 8.72. The van der Waals surface area contributed by atoms with E-state index >= 15 is 0 Å². The number of rotatable bonds is 4. The number of hydrogen-bond donors (Lipinski definition) is 1. The van der Waals surface area contributed by atoms with Crippen LogP contribution >= 0.6 is 0 Å². The summed E-state index contributed by atoms with van der Waals surface area (Å²) < 4.78 is 11.3. The zero-order valence-corrected chi connectivity index (χ0v) is 15.2. The molecule has 5 nitrogen and oxygen atoms in total. The average molecular weight is 361 g/mol. The lowest BCUT2D eigenvalue weighted by atomic mass is 9.98. The first-order valence-corrected chi connectivity index (χ1v) is 8.72. The Balaban J connectivity index is 1.84. The summed E-state index contributed by atoms with van der Waals surface area (Å²) in [6.45, 7) is 7.84. The lowest BCUT2D eigenvalue weighted by Gasteiger charge is -2.13. The van der Waals surface area contributed by atoms with Crippen molar-refractivity contribution in [1.29, 1.82) is 0 Å². The van der Waals surface area contributed by atoms with Crippen molar-refractivity contribution in [2.75, 3.05) is 6.61 Å². The highest BCUT2D eigenvalue weighted by atomic mass is 16.5. The van der Waals surface area contributed by atoms with Gasteiger partial charge >= 0.3 is 0 Å². The van der Waals surface area contributed by atoms with Crippen molar-refractivity contribution in [2.24, 2.45) is 0 Å². The average Bonchev–Trinajstić information content (AvgIpc) is 2.98. The maximum Gasteiger partial charge on any atom is 0.288 e. The minimum atomic E-state index is -0.539. The second kappa shape index (κ2) is 6.43. The van der Waals surface area contributed by atoms with Gasteiger partial charge in [0.25, 0.3) is 5.91 Å². The van der Waals surface area contributed by atoms with Crippen LogP contribution in [0.2, 0.25) is 0 Å². The molecule has 2 heterocycles. The van der Waals surface area contributed by atoms with Crippen molar-refractivity contribution in [2.45, 2.75) is 19.9 Å². The molecule has 1 unspecified atom stereocenters. The van der Waals surface area contributed by atoms with Crippen molar-refractivity contribution in [1.82, 2.24) is 5.32 Å². The van der Waals surface area contributed by atoms with E-state index in [9.17, 15) is 9.59 Å². The highest BCUT2D eigenvalue weighted by molar-refractivity contribution is 5.99. The zero-order valence-electron chi connectivity index (χ0n) is 15.2. The third kappa shape index (κ3) is 2.81. The van der Waals surface area contributed by atoms with E-state index in [1.54, 1.807) is 24.3 Å². The van der Waals surface area contributed by atoms with Crippen molar-refractivity contribution < 1.29 is 13.9 Å². The molecule has 1 amide bonds. The molecule has 2 aromatic carbocycles. The maximum absolute atomic E-state index is 13.2. The Kier molecular flexibility index (Phi) is 4.07. The number of fused-ring (bicyclic) bond motifs is 2. The molecule has 0 radical (unpaired) electrons. The van der Waals surface area contributed by atoms with Gasteiger partial charge in [-0.1, -0.05) is 30.9 Å². The molecule has 27 heavy (non-hydrogen) atoms. The first kappa shape index (κ1) is 17.1. The smallest absolute Gasteiger partial charge is 0.288 e. The number of amides is 1.